The Kier molecular flexibility index (Phi) is 8.96. The topological polar surface area (TPSA) is 22.8 Å². The van der Waals surface area contributed by atoms with Crippen LogP contribution in [-0.2, 0) is 0 Å². The molecule has 72 heavy (non-hydrogen) atoms. The van der Waals surface area contributed by atoms with E-state index in [9.17, 15) is 0 Å². The molecule has 15 rings (SSSR count). The van der Waals surface area contributed by atoms with E-state index in [-0.39, 0.29) is 0 Å². The Labute approximate surface area is 415 Å². The lowest BCUT2D eigenvalue weighted by atomic mass is 9.85. The van der Waals surface area contributed by atoms with Gasteiger partial charge in [0.1, 0.15) is 0 Å². The number of para-hydroxylation sites is 2. The van der Waals surface area contributed by atoms with E-state index in [2.05, 4.69) is 270 Å². The highest BCUT2D eigenvalue weighted by Crippen LogP contribution is 2.48. The predicted molar refractivity (Wildman–Crippen MR) is 305 cm³/mol. The molecule has 0 aliphatic carbocycles. The van der Waals surface area contributed by atoms with Crippen LogP contribution in [0.4, 0.5) is 0 Å². The molecule has 3 nitrogen and oxygen atoms in total. The highest BCUT2D eigenvalue weighted by molar-refractivity contribution is 6.24. The van der Waals surface area contributed by atoms with Gasteiger partial charge in [0.2, 0.25) is 0 Å². The van der Waals surface area contributed by atoms with Crippen molar-refractivity contribution in [2.24, 2.45) is 0 Å². The lowest BCUT2D eigenvalue weighted by Gasteiger charge is -2.21. The second kappa shape index (κ2) is 16.0. The van der Waals surface area contributed by atoms with E-state index >= 15 is 0 Å². The van der Waals surface area contributed by atoms with Gasteiger partial charge in [0.15, 0.2) is 0 Å². The number of nitrogens with zero attached hydrogens (tertiary/aromatic N) is 3. The van der Waals surface area contributed by atoms with Gasteiger partial charge in [-0.25, -0.2) is 0 Å². The molecule has 334 valence electrons. The van der Waals surface area contributed by atoms with E-state index in [0.29, 0.717) is 0 Å². The molecule has 0 aliphatic rings. The van der Waals surface area contributed by atoms with Gasteiger partial charge in [-0.1, -0.05) is 212 Å². The molecular weight excluding hydrogens is 871 g/mol. The molecule has 0 spiro atoms. The third-order valence-corrected chi connectivity index (χ3v) is 15.1. The standard InChI is InChI=1S/C69H43N3/c1-3-15-44(16-4-1)46-27-31-50(32-28-46)65-59-41-52(71-61-25-13-11-23-57(61)67-54-21-9-7-19-48(54)35-39-63(67)71)37-38-56(59)69-60(66(65)51-33-29-47(30-34-51)45-17-5-2-6-18-45)42-53(43-70-69)72-62-26-14-12-24-58(62)68-55-22-10-8-20-49(55)36-40-64(68)72/h1-43H. The third kappa shape index (κ3) is 6.14. The highest BCUT2D eigenvalue weighted by Gasteiger charge is 2.23. The smallest absolute Gasteiger partial charge is 0.0788 e. The van der Waals surface area contributed by atoms with Crippen LogP contribution in [0.2, 0.25) is 0 Å². The number of rotatable bonds is 6. The molecular formula is C69H43N3. The van der Waals surface area contributed by atoms with Crippen LogP contribution in [0, 0.1) is 0 Å². The Morgan fingerprint density at radius 2 is 0.667 bits per heavy atom. The summed E-state index contributed by atoms with van der Waals surface area (Å²) in [5, 5.41) is 13.3. The van der Waals surface area contributed by atoms with Crippen LogP contribution < -0.4 is 0 Å². The van der Waals surface area contributed by atoms with Gasteiger partial charge < -0.3 is 9.13 Å². The number of benzene rings is 12. The zero-order valence-electron chi connectivity index (χ0n) is 39.2. The minimum absolute atomic E-state index is 0.964. The average Bonchev–Trinajstić information content (AvgIpc) is 3.99. The number of hydrogen-bond acceptors (Lipinski definition) is 1. The fourth-order valence-electron chi connectivity index (χ4n) is 11.9. The Bertz CT molecular complexity index is 4340. The van der Waals surface area contributed by atoms with E-state index < -0.39 is 0 Å². The first kappa shape index (κ1) is 40.3. The van der Waals surface area contributed by atoms with E-state index in [4.69, 9.17) is 4.98 Å². The Morgan fingerprint density at radius 3 is 1.21 bits per heavy atom. The fraction of sp³-hybridized carbons (Fsp3) is 0. The normalized spacial score (nSPS) is 11.9. The van der Waals surface area contributed by atoms with Gasteiger partial charge in [0.25, 0.3) is 0 Å². The second-order valence-electron chi connectivity index (χ2n) is 19.0. The molecule has 0 saturated carbocycles. The van der Waals surface area contributed by atoms with Crippen molar-refractivity contribution in [3.8, 4) is 55.9 Å². The molecule has 0 radical (unpaired) electrons. The van der Waals surface area contributed by atoms with Crippen LogP contribution >= 0.6 is 0 Å². The van der Waals surface area contributed by atoms with E-state index in [1.165, 1.54) is 81.9 Å². The van der Waals surface area contributed by atoms with Crippen LogP contribution in [0.25, 0.3) is 143 Å². The summed E-state index contributed by atoms with van der Waals surface area (Å²) in [6, 6.07) is 93.4. The lowest BCUT2D eigenvalue weighted by Crippen LogP contribution is -1.99. The van der Waals surface area contributed by atoms with E-state index in [0.717, 1.165) is 60.8 Å². The van der Waals surface area contributed by atoms with Crippen molar-refractivity contribution in [3.63, 3.8) is 0 Å². The van der Waals surface area contributed by atoms with Gasteiger partial charge in [-0.2, -0.15) is 0 Å². The van der Waals surface area contributed by atoms with Gasteiger partial charge in [-0.15, -0.1) is 0 Å². The third-order valence-electron chi connectivity index (χ3n) is 15.1. The summed E-state index contributed by atoms with van der Waals surface area (Å²) < 4.78 is 4.87. The van der Waals surface area contributed by atoms with Crippen molar-refractivity contribution in [1.29, 1.82) is 0 Å². The summed E-state index contributed by atoms with van der Waals surface area (Å²) in [7, 11) is 0. The molecule has 12 aromatic carbocycles. The Morgan fingerprint density at radius 1 is 0.250 bits per heavy atom. The molecule has 0 saturated heterocycles. The summed E-state index contributed by atoms with van der Waals surface area (Å²) in [6.45, 7) is 0. The summed E-state index contributed by atoms with van der Waals surface area (Å²) in [5.41, 5.74) is 17.1. The molecule has 3 heteroatoms. The van der Waals surface area contributed by atoms with Gasteiger partial charge in [0, 0.05) is 38.0 Å². The molecule has 0 fully saturated rings. The quantitative estimate of drug-likeness (QED) is 0.152. The van der Waals surface area contributed by atoms with Gasteiger partial charge in [-0.3, -0.25) is 4.98 Å². The maximum absolute atomic E-state index is 5.58. The SMILES string of the molecule is c1ccc(-c2ccc(-c3c(-c4ccc(-c5ccccc5)cc4)c4cc(-n5c6ccccc6c6c7ccccc7ccc65)cnc4c4ccc(-n5c6ccccc6c6c7ccccc7ccc65)cc34)cc2)cc1. The zero-order valence-corrected chi connectivity index (χ0v) is 39.2. The summed E-state index contributed by atoms with van der Waals surface area (Å²) in [4.78, 5) is 5.58. The number of aromatic nitrogens is 3. The number of fused-ring (bicyclic) bond motifs is 13. The minimum atomic E-state index is 0.964. The second-order valence-corrected chi connectivity index (χ2v) is 19.0. The van der Waals surface area contributed by atoms with E-state index in [1.807, 2.05) is 0 Å². The fourth-order valence-corrected chi connectivity index (χ4v) is 11.9. The molecule has 0 bridgehead atoms. The largest absolute Gasteiger partial charge is 0.309 e. The molecule has 0 aliphatic heterocycles. The first-order chi connectivity index (χ1) is 35.7. The Hall–Kier alpha value is -9.57. The summed E-state index contributed by atoms with van der Waals surface area (Å²) in [5.74, 6) is 0. The van der Waals surface area contributed by atoms with Crippen molar-refractivity contribution in [3.05, 3.63) is 261 Å². The molecule has 0 atom stereocenters. The maximum Gasteiger partial charge on any atom is 0.0788 e. The minimum Gasteiger partial charge on any atom is -0.309 e. The highest BCUT2D eigenvalue weighted by atomic mass is 15.0. The van der Waals surface area contributed by atoms with Crippen molar-refractivity contribution in [1.82, 2.24) is 14.1 Å². The van der Waals surface area contributed by atoms with Crippen molar-refractivity contribution in [2.75, 3.05) is 0 Å². The van der Waals surface area contributed by atoms with Gasteiger partial charge >= 0.3 is 0 Å². The predicted octanol–water partition coefficient (Wildman–Crippen LogP) is 18.6. The first-order valence-electron chi connectivity index (χ1n) is 24.8. The molecule has 3 aromatic heterocycles. The van der Waals surface area contributed by atoms with Gasteiger partial charge in [-0.05, 0) is 114 Å². The number of pyridine rings is 1. The van der Waals surface area contributed by atoms with Crippen molar-refractivity contribution >= 4 is 86.8 Å². The van der Waals surface area contributed by atoms with Gasteiger partial charge in [0.05, 0.1) is 39.5 Å². The maximum atomic E-state index is 5.58. The van der Waals surface area contributed by atoms with Crippen LogP contribution in [0.15, 0.2) is 261 Å². The number of hydrogen-bond donors (Lipinski definition) is 0. The van der Waals surface area contributed by atoms with Crippen LogP contribution in [-0.4, -0.2) is 14.1 Å². The molecule has 0 N–H and O–H groups in total. The first-order valence-corrected chi connectivity index (χ1v) is 24.8. The van der Waals surface area contributed by atoms with Crippen LogP contribution in [0.3, 0.4) is 0 Å². The van der Waals surface area contributed by atoms with Crippen LogP contribution in [0.5, 0.6) is 0 Å². The zero-order chi connectivity index (χ0) is 47.3. The molecule has 3 heterocycles. The lowest BCUT2D eigenvalue weighted by molar-refractivity contribution is 1.16. The van der Waals surface area contributed by atoms with Crippen molar-refractivity contribution < 1.29 is 0 Å². The monoisotopic (exact) mass is 913 g/mol. The summed E-state index contributed by atoms with van der Waals surface area (Å²) >= 11 is 0. The van der Waals surface area contributed by atoms with E-state index in [1.54, 1.807) is 0 Å². The molecule has 0 unspecified atom stereocenters. The summed E-state index contributed by atoms with van der Waals surface area (Å²) in [6.07, 6.45) is 2.09. The average molecular weight is 914 g/mol. The molecule has 15 aromatic rings. The van der Waals surface area contributed by atoms with Crippen LogP contribution in [0.1, 0.15) is 0 Å². The Balaban J connectivity index is 1.06. The van der Waals surface area contributed by atoms with Crippen molar-refractivity contribution in [2.45, 2.75) is 0 Å². The molecule has 0 amide bonds.